The molecule has 0 spiro atoms. The molecule has 2 aliphatic heterocycles. The minimum atomic E-state index is -0.489. The summed E-state index contributed by atoms with van der Waals surface area (Å²) in [7, 11) is 1.31. The normalized spacial score (nSPS) is 20.4. The summed E-state index contributed by atoms with van der Waals surface area (Å²) in [6.45, 7) is 3.86. The number of nitrogens with one attached hydrogen (secondary N) is 1. The zero-order chi connectivity index (χ0) is 21.8. The topological polar surface area (TPSA) is 79.0 Å². The number of carbonyl (C=O) groups is 3. The van der Waals surface area contributed by atoms with Crippen molar-refractivity contribution >= 4 is 34.8 Å². The van der Waals surface area contributed by atoms with E-state index in [4.69, 9.17) is 0 Å². The zero-order valence-electron chi connectivity index (χ0n) is 17.6. The Balaban J connectivity index is 1.27. The van der Waals surface area contributed by atoms with Crippen LogP contribution in [0.1, 0.15) is 34.5 Å². The van der Waals surface area contributed by atoms with Gasteiger partial charge >= 0.3 is 5.97 Å². The quantitative estimate of drug-likeness (QED) is 0.526. The molecule has 2 aromatic rings. The summed E-state index contributed by atoms with van der Waals surface area (Å²) in [6.07, 6.45) is 2.34. The Labute approximate surface area is 186 Å². The molecular weight excluding hydrogens is 414 g/mol. The van der Waals surface area contributed by atoms with Gasteiger partial charge in [-0.25, -0.2) is 9.69 Å². The van der Waals surface area contributed by atoms with Crippen LogP contribution in [0.25, 0.3) is 0 Å². The van der Waals surface area contributed by atoms with Crippen LogP contribution >= 0.6 is 11.3 Å². The minimum absolute atomic E-state index is 0.162. The zero-order valence-corrected chi connectivity index (χ0v) is 18.4. The van der Waals surface area contributed by atoms with E-state index in [9.17, 15) is 14.4 Å². The number of hydrogen-bond acceptors (Lipinski definition) is 7. The van der Waals surface area contributed by atoms with Gasteiger partial charge in [-0.1, -0.05) is 6.07 Å². The molecule has 0 bridgehead atoms. The maximum absolute atomic E-state index is 12.8. The maximum atomic E-state index is 12.8. The number of carbonyl (C=O) groups excluding carboxylic acids is 3. The monoisotopic (exact) mass is 441 g/mol. The van der Waals surface area contributed by atoms with Gasteiger partial charge in [-0.3, -0.25) is 14.5 Å². The molecule has 1 N–H and O–H groups in total. The predicted octanol–water partition coefficient (Wildman–Crippen LogP) is 2.67. The Kier molecular flexibility index (Phi) is 6.80. The number of esters is 1. The van der Waals surface area contributed by atoms with Crippen molar-refractivity contribution in [1.29, 1.82) is 0 Å². The molecule has 7 nitrogen and oxygen atoms in total. The van der Waals surface area contributed by atoms with Gasteiger partial charge in [-0.05, 0) is 74.1 Å². The third-order valence-electron chi connectivity index (χ3n) is 6.01. The van der Waals surface area contributed by atoms with Gasteiger partial charge in [0, 0.05) is 11.4 Å². The van der Waals surface area contributed by atoms with Crippen molar-refractivity contribution in [3.63, 3.8) is 0 Å². The number of benzene rings is 1. The van der Waals surface area contributed by atoms with Crippen LogP contribution in [0.15, 0.2) is 41.8 Å². The lowest BCUT2D eigenvalue weighted by Crippen LogP contribution is -2.43. The van der Waals surface area contributed by atoms with Crippen LogP contribution in [-0.2, 0) is 20.9 Å². The summed E-state index contributed by atoms with van der Waals surface area (Å²) in [6, 6.07) is 10.1. The Morgan fingerprint density at radius 1 is 1.16 bits per heavy atom. The highest BCUT2D eigenvalue weighted by Gasteiger charge is 2.39. The maximum Gasteiger partial charge on any atom is 0.337 e. The molecule has 3 heterocycles. The molecule has 1 aromatic carbocycles. The lowest BCUT2D eigenvalue weighted by molar-refractivity contribution is -0.121. The van der Waals surface area contributed by atoms with Gasteiger partial charge in [-0.15, -0.1) is 11.3 Å². The SMILES string of the molecule is COC(=O)c1ccc(N2C(=O)C[C@H](NCC3CCN(Cc4cccs4)CC3)C2=O)cc1. The van der Waals surface area contributed by atoms with E-state index in [1.807, 2.05) is 0 Å². The van der Waals surface area contributed by atoms with Crippen LogP contribution in [-0.4, -0.2) is 55.5 Å². The average Bonchev–Trinajstić information content (AvgIpc) is 3.40. The summed E-state index contributed by atoms with van der Waals surface area (Å²) >= 11 is 1.80. The number of rotatable bonds is 7. The summed E-state index contributed by atoms with van der Waals surface area (Å²) in [5.74, 6) is -0.396. The number of likely N-dealkylation sites (tertiary alicyclic amines) is 1. The molecule has 2 fully saturated rings. The molecule has 0 radical (unpaired) electrons. The van der Waals surface area contributed by atoms with Crippen molar-refractivity contribution in [3.8, 4) is 0 Å². The molecule has 164 valence electrons. The lowest BCUT2D eigenvalue weighted by atomic mass is 9.96. The summed E-state index contributed by atoms with van der Waals surface area (Å²) in [4.78, 5) is 42.0. The van der Waals surface area contributed by atoms with Gasteiger partial charge in [-0.2, -0.15) is 0 Å². The van der Waals surface area contributed by atoms with Crippen molar-refractivity contribution < 1.29 is 19.1 Å². The van der Waals surface area contributed by atoms with Crippen LogP contribution in [0.2, 0.25) is 0 Å². The lowest BCUT2D eigenvalue weighted by Gasteiger charge is -2.32. The van der Waals surface area contributed by atoms with Gasteiger partial charge in [0.2, 0.25) is 5.91 Å². The van der Waals surface area contributed by atoms with Crippen molar-refractivity contribution in [2.75, 3.05) is 31.6 Å². The smallest absolute Gasteiger partial charge is 0.337 e. The van der Waals surface area contributed by atoms with Crippen molar-refractivity contribution in [3.05, 3.63) is 52.2 Å². The van der Waals surface area contributed by atoms with E-state index in [1.54, 1.807) is 35.6 Å². The highest BCUT2D eigenvalue weighted by atomic mass is 32.1. The highest BCUT2D eigenvalue weighted by molar-refractivity contribution is 7.09. The summed E-state index contributed by atoms with van der Waals surface area (Å²) < 4.78 is 4.68. The van der Waals surface area contributed by atoms with Crippen LogP contribution in [0.4, 0.5) is 5.69 Å². The van der Waals surface area contributed by atoms with Crippen LogP contribution in [0.5, 0.6) is 0 Å². The van der Waals surface area contributed by atoms with Gasteiger partial charge in [0.1, 0.15) is 0 Å². The molecular formula is C23H27N3O4S. The molecule has 4 rings (SSSR count). The van der Waals surface area contributed by atoms with Crippen molar-refractivity contribution in [2.45, 2.75) is 31.8 Å². The summed E-state index contributed by atoms with van der Waals surface area (Å²) in [5.41, 5.74) is 0.860. The largest absolute Gasteiger partial charge is 0.465 e. The van der Waals surface area contributed by atoms with E-state index in [1.165, 1.54) is 16.9 Å². The van der Waals surface area contributed by atoms with Crippen LogP contribution in [0.3, 0.4) is 0 Å². The van der Waals surface area contributed by atoms with E-state index in [2.05, 4.69) is 32.5 Å². The molecule has 1 atom stereocenters. The van der Waals surface area contributed by atoms with E-state index >= 15 is 0 Å². The first-order valence-electron chi connectivity index (χ1n) is 10.6. The molecule has 2 aliphatic rings. The Bertz CT molecular complexity index is 921. The Morgan fingerprint density at radius 2 is 1.90 bits per heavy atom. The van der Waals surface area contributed by atoms with E-state index < -0.39 is 12.0 Å². The second-order valence-corrected chi connectivity index (χ2v) is 9.10. The molecule has 2 saturated heterocycles. The fourth-order valence-electron chi connectivity index (χ4n) is 4.21. The standard InChI is InChI=1S/C23H27N3O4S/c1-30-23(29)17-4-6-18(7-5-17)26-21(27)13-20(22(26)28)24-14-16-8-10-25(11-9-16)15-19-3-2-12-31-19/h2-7,12,16,20,24H,8-11,13-15H2,1H3/t20-/m0/s1. The molecule has 0 aliphatic carbocycles. The first-order valence-corrected chi connectivity index (χ1v) is 11.5. The Hall–Kier alpha value is -2.55. The predicted molar refractivity (Wildman–Crippen MR) is 119 cm³/mol. The van der Waals surface area contributed by atoms with Gasteiger partial charge in [0.15, 0.2) is 0 Å². The van der Waals surface area contributed by atoms with Crippen LogP contribution < -0.4 is 10.2 Å². The van der Waals surface area contributed by atoms with Gasteiger partial charge in [0.25, 0.3) is 5.91 Å². The third-order valence-corrected chi connectivity index (χ3v) is 6.87. The number of methoxy groups -OCH3 is 1. The van der Waals surface area contributed by atoms with Crippen molar-refractivity contribution in [1.82, 2.24) is 10.2 Å². The van der Waals surface area contributed by atoms with Crippen molar-refractivity contribution in [2.24, 2.45) is 5.92 Å². The summed E-state index contributed by atoms with van der Waals surface area (Å²) in [5, 5.41) is 5.44. The molecule has 2 amide bonds. The second-order valence-electron chi connectivity index (χ2n) is 8.07. The van der Waals surface area contributed by atoms with Gasteiger partial charge < -0.3 is 10.1 Å². The number of thiophene rings is 1. The molecule has 31 heavy (non-hydrogen) atoms. The third kappa shape index (κ3) is 5.03. The molecule has 0 unspecified atom stereocenters. The fraction of sp³-hybridized carbons (Fsp3) is 0.435. The number of ether oxygens (including phenoxy) is 1. The Morgan fingerprint density at radius 3 is 2.55 bits per heavy atom. The van der Waals surface area contributed by atoms with E-state index in [-0.39, 0.29) is 18.2 Å². The number of nitrogens with zero attached hydrogens (tertiary/aromatic N) is 2. The second kappa shape index (κ2) is 9.72. The number of hydrogen-bond donors (Lipinski definition) is 1. The first kappa shape index (κ1) is 21.7. The molecule has 1 aromatic heterocycles. The van der Waals surface area contributed by atoms with E-state index in [0.29, 0.717) is 17.2 Å². The fourth-order valence-corrected chi connectivity index (χ4v) is 4.95. The van der Waals surface area contributed by atoms with E-state index in [0.717, 1.165) is 39.0 Å². The highest BCUT2D eigenvalue weighted by Crippen LogP contribution is 2.25. The molecule has 0 saturated carbocycles. The number of piperidine rings is 1. The first-order chi connectivity index (χ1) is 15.0. The minimum Gasteiger partial charge on any atom is -0.465 e. The number of anilines is 1. The van der Waals surface area contributed by atoms with Crippen LogP contribution in [0, 0.1) is 5.92 Å². The molecule has 8 heteroatoms. The average molecular weight is 442 g/mol. The number of imide groups is 1. The number of amides is 2. The van der Waals surface area contributed by atoms with Gasteiger partial charge in [0.05, 0.1) is 30.8 Å².